The third kappa shape index (κ3) is 2.91. The molecule has 21 heavy (non-hydrogen) atoms. The molecular formula is C11H10F2O6S2. The molecule has 10 heteroatoms. The van der Waals surface area contributed by atoms with Crippen LogP contribution >= 0.6 is 0 Å². The van der Waals surface area contributed by atoms with Gasteiger partial charge in [-0.1, -0.05) is 0 Å². The van der Waals surface area contributed by atoms with E-state index in [0.717, 1.165) is 0 Å². The highest BCUT2D eigenvalue weighted by Crippen LogP contribution is 2.29. The van der Waals surface area contributed by atoms with Crippen molar-refractivity contribution in [2.24, 2.45) is 0 Å². The number of hydrogen-bond donors (Lipinski definition) is 1. The monoisotopic (exact) mass is 340 g/mol. The molecule has 1 aliphatic heterocycles. The molecule has 1 saturated heterocycles. The van der Waals surface area contributed by atoms with E-state index in [1.165, 1.54) is 0 Å². The molecule has 1 N–H and O–H groups in total. The first-order valence-corrected chi connectivity index (χ1v) is 9.08. The lowest BCUT2D eigenvalue weighted by Gasteiger charge is -2.12. The molecule has 0 aromatic heterocycles. The van der Waals surface area contributed by atoms with E-state index in [9.17, 15) is 30.4 Å². The molecule has 1 aliphatic rings. The average molecular weight is 340 g/mol. The van der Waals surface area contributed by atoms with Gasteiger partial charge in [0.2, 0.25) is 0 Å². The molecule has 1 aromatic rings. The van der Waals surface area contributed by atoms with Crippen LogP contribution in [0.2, 0.25) is 0 Å². The first-order chi connectivity index (χ1) is 9.54. The smallest absolute Gasteiger partial charge is 0.335 e. The second kappa shape index (κ2) is 5.02. The Hall–Kier alpha value is -1.55. The van der Waals surface area contributed by atoms with Crippen LogP contribution in [0.1, 0.15) is 16.8 Å². The number of carbonyl (C=O) groups is 1. The maximum absolute atomic E-state index is 13.7. The van der Waals surface area contributed by atoms with E-state index in [4.69, 9.17) is 5.11 Å². The lowest BCUT2D eigenvalue weighted by atomic mass is 10.2. The molecule has 0 spiro atoms. The molecule has 6 nitrogen and oxygen atoms in total. The lowest BCUT2D eigenvalue weighted by Crippen LogP contribution is -2.24. The van der Waals surface area contributed by atoms with Crippen molar-refractivity contribution < 1.29 is 35.5 Å². The number of halogens is 2. The summed E-state index contributed by atoms with van der Waals surface area (Å²) in [6.07, 6.45) is -0.233. The summed E-state index contributed by atoms with van der Waals surface area (Å²) in [5.41, 5.74) is -0.728. The van der Waals surface area contributed by atoms with Crippen LogP contribution in [-0.4, -0.2) is 44.7 Å². The van der Waals surface area contributed by atoms with Crippen LogP contribution in [0.3, 0.4) is 0 Å². The molecule has 1 aromatic carbocycles. The molecule has 1 fully saturated rings. The zero-order chi connectivity index (χ0) is 16.0. The first-order valence-electron chi connectivity index (χ1n) is 5.71. The van der Waals surface area contributed by atoms with E-state index < -0.39 is 58.7 Å². The van der Waals surface area contributed by atoms with Crippen LogP contribution in [0, 0.1) is 11.6 Å². The zero-order valence-corrected chi connectivity index (χ0v) is 12.0. The van der Waals surface area contributed by atoms with Crippen molar-refractivity contribution in [2.75, 3.05) is 11.5 Å². The van der Waals surface area contributed by atoms with Gasteiger partial charge >= 0.3 is 5.97 Å². The van der Waals surface area contributed by atoms with Gasteiger partial charge in [0, 0.05) is 0 Å². The van der Waals surface area contributed by atoms with E-state index in [0.29, 0.717) is 12.1 Å². The highest BCUT2D eigenvalue weighted by atomic mass is 32.2. The van der Waals surface area contributed by atoms with E-state index in [1.807, 2.05) is 0 Å². The van der Waals surface area contributed by atoms with Gasteiger partial charge in [0.25, 0.3) is 0 Å². The van der Waals surface area contributed by atoms with Gasteiger partial charge in [0.1, 0.15) is 4.90 Å². The third-order valence-electron chi connectivity index (χ3n) is 3.18. The molecule has 1 atom stereocenters. The Morgan fingerprint density at radius 2 is 1.90 bits per heavy atom. The Balaban J connectivity index is 2.58. The number of sulfone groups is 2. The predicted octanol–water partition coefficient (Wildman–Crippen LogP) is 0.624. The second-order valence-corrected chi connectivity index (χ2v) is 9.07. The highest BCUT2D eigenvalue weighted by molar-refractivity contribution is 7.96. The summed E-state index contributed by atoms with van der Waals surface area (Å²) in [7, 11) is -8.02. The Morgan fingerprint density at radius 1 is 1.29 bits per heavy atom. The maximum Gasteiger partial charge on any atom is 0.335 e. The minimum absolute atomic E-state index is 0.233. The second-order valence-electron chi connectivity index (χ2n) is 4.65. The van der Waals surface area contributed by atoms with Crippen molar-refractivity contribution in [3.63, 3.8) is 0 Å². The largest absolute Gasteiger partial charge is 0.478 e. The summed E-state index contributed by atoms with van der Waals surface area (Å²) in [5.74, 6) is -5.99. The van der Waals surface area contributed by atoms with Gasteiger partial charge in [-0.15, -0.1) is 0 Å². The summed E-state index contributed by atoms with van der Waals surface area (Å²) in [6, 6.07) is 0.864. The molecule has 0 aliphatic carbocycles. The molecular weight excluding hydrogens is 330 g/mol. The first kappa shape index (κ1) is 15.8. The summed E-state index contributed by atoms with van der Waals surface area (Å²) >= 11 is 0. The highest BCUT2D eigenvalue weighted by Gasteiger charge is 2.40. The molecule has 0 bridgehead atoms. The Kier molecular flexibility index (Phi) is 3.79. The summed E-state index contributed by atoms with van der Waals surface area (Å²) < 4.78 is 74.1. The van der Waals surface area contributed by atoms with Gasteiger partial charge in [-0.2, -0.15) is 0 Å². The quantitative estimate of drug-likeness (QED) is 0.865. The molecule has 0 amide bonds. The van der Waals surface area contributed by atoms with Crippen molar-refractivity contribution >= 4 is 25.6 Å². The Labute approximate surface area is 119 Å². The molecule has 1 heterocycles. The minimum Gasteiger partial charge on any atom is -0.478 e. The third-order valence-corrected chi connectivity index (χ3v) is 7.35. The molecule has 116 valence electrons. The van der Waals surface area contributed by atoms with Crippen LogP contribution in [-0.2, 0) is 19.7 Å². The number of carboxylic acid groups (broad SMARTS) is 1. The van der Waals surface area contributed by atoms with Gasteiger partial charge in [0.05, 0.1) is 22.3 Å². The van der Waals surface area contributed by atoms with Crippen molar-refractivity contribution in [2.45, 2.75) is 16.6 Å². The molecule has 1 unspecified atom stereocenters. The normalized spacial score (nSPS) is 21.3. The fraction of sp³-hybridized carbons (Fsp3) is 0.364. The molecule has 0 radical (unpaired) electrons. The standard InChI is InChI=1S/C11H10F2O6S2/c12-8-3-6(11(14)15)4-9(10(8)13)21(18,19)7-1-2-20(16,17)5-7/h3-4,7H,1-2,5H2,(H,14,15). The van der Waals surface area contributed by atoms with Crippen molar-refractivity contribution in [1.82, 2.24) is 0 Å². The van der Waals surface area contributed by atoms with E-state index in [2.05, 4.69) is 0 Å². The van der Waals surface area contributed by atoms with Gasteiger partial charge in [-0.05, 0) is 18.6 Å². The average Bonchev–Trinajstić information content (AvgIpc) is 2.73. The topological polar surface area (TPSA) is 106 Å². The van der Waals surface area contributed by atoms with Crippen molar-refractivity contribution in [3.8, 4) is 0 Å². The minimum atomic E-state index is -4.48. The van der Waals surface area contributed by atoms with Gasteiger partial charge in [-0.3, -0.25) is 0 Å². The summed E-state index contributed by atoms with van der Waals surface area (Å²) in [6.45, 7) is 0. The van der Waals surface area contributed by atoms with Gasteiger partial charge < -0.3 is 5.11 Å². The van der Waals surface area contributed by atoms with Crippen LogP contribution < -0.4 is 0 Å². The zero-order valence-electron chi connectivity index (χ0n) is 10.4. The van der Waals surface area contributed by atoms with Crippen molar-refractivity contribution in [1.29, 1.82) is 0 Å². The summed E-state index contributed by atoms with van der Waals surface area (Å²) in [5, 5.41) is 7.36. The van der Waals surface area contributed by atoms with Gasteiger partial charge in [-0.25, -0.2) is 30.4 Å². The number of rotatable bonds is 3. The van der Waals surface area contributed by atoms with Crippen LogP contribution in [0.15, 0.2) is 17.0 Å². The number of aromatic carboxylic acids is 1. The number of hydrogen-bond acceptors (Lipinski definition) is 5. The van der Waals surface area contributed by atoms with E-state index in [-0.39, 0.29) is 12.2 Å². The fourth-order valence-electron chi connectivity index (χ4n) is 2.08. The Bertz CT molecular complexity index is 813. The van der Waals surface area contributed by atoms with Crippen LogP contribution in [0.25, 0.3) is 0 Å². The molecule has 0 saturated carbocycles. The van der Waals surface area contributed by atoms with Crippen molar-refractivity contribution in [3.05, 3.63) is 29.3 Å². The van der Waals surface area contributed by atoms with Crippen LogP contribution in [0.4, 0.5) is 8.78 Å². The Morgan fingerprint density at radius 3 is 2.38 bits per heavy atom. The summed E-state index contributed by atoms with van der Waals surface area (Å²) in [4.78, 5) is 9.67. The van der Waals surface area contributed by atoms with E-state index in [1.54, 1.807) is 0 Å². The predicted molar refractivity (Wildman–Crippen MR) is 67.6 cm³/mol. The number of benzene rings is 1. The number of carboxylic acids is 1. The fourth-order valence-corrected chi connectivity index (χ4v) is 6.54. The SMILES string of the molecule is O=C(O)c1cc(F)c(F)c(S(=O)(=O)C2CCS(=O)(=O)C2)c1. The maximum atomic E-state index is 13.7. The van der Waals surface area contributed by atoms with Crippen LogP contribution in [0.5, 0.6) is 0 Å². The molecule has 2 rings (SSSR count). The van der Waals surface area contributed by atoms with Gasteiger partial charge in [0.15, 0.2) is 31.3 Å². The van der Waals surface area contributed by atoms with E-state index >= 15 is 0 Å². The lowest BCUT2D eigenvalue weighted by molar-refractivity contribution is 0.0696.